The molecule has 0 heterocycles. The van der Waals surface area contributed by atoms with Crippen molar-refractivity contribution in [2.24, 2.45) is 0 Å². The lowest BCUT2D eigenvalue weighted by Crippen LogP contribution is -2.12. The van der Waals surface area contributed by atoms with E-state index in [1.165, 1.54) is 5.30 Å². The van der Waals surface area contributed by atoms with Gasteiger partial charge in [0.2, 0.25) is 0 Å². The molecule has 3 N–H and O–H groups in total. The van der Waals surface area contributed by atoms with Gasteiger partial charge >= 0.3 is 10.4 Å². The summed E-state index contributed by atoms with van der Waals surface area (Å²) in [7, 11) is -5.64. The zero-order valence-electron chi connectivity index (χ0n) is 10.5. The summed E-state index contributed by atoms with van der Waals surface area (Å²) in [5.74, 6) is 0. The van der Waals surface area contributed by atoms with Crippen LogP contribution in [0.25, 0.3) is 0 Å². The Bertz CT molecular complexity index is 422. The molecule has 1 aromatic rings. The summed E-state index contributed by atoms with van der Waals surface area (Å²) >= 11 is 0. The molecule has 0 saturated carbocycles. The van der Waals surface area contributed by atoms with Crippen molar-refractivity contribution >= 4 is 23.0 Å². The highest BCUT2D eigenvalue weighted by atomic mass is 32.3. The Morgan fingerprint density at radius 3 is 1.94 bits per heavy atom. The third-order valence-corrected chi connectivity index (χ3v) is 5.46. The summed E-state index contributed by atoms with van der Waals surface area (Å²) in [5, 5.41) is 10.3. The molecule has 0 atom stereocenters. The van der Waals surface area contributed by atoms with Crippen LogP contribution in [0.15, 0.2) is 30.3 Å². The second kappa shape index (κ2) is 7.81. The van der Waals surface area contributed by atoms with Crippen LogP contribution < -0.4 is 5.30 Å². The van der Waals surface area contributed by atoms with Gasteiger partial charge in [-0.3, -0.25) is 9.11 Å². The summed E-state index contributed by atoms with van der Waals surface area (Å²) in [5.41, 5.74) is 0. The molecule has 1 aromatic carbocycles. The van der Waals surface area contributed by atoms with Crippen LogP contribution in [-0.4, -0.2) is 48.7 Å². The van der Waals surface area contributed by atoms with Gasteiger partial charge in [0, 0.05) is 20.3 Å². The predicted octanol–water partition coefficient (Wildman–Crippen LogP) is 1.32. The lowest BCUT2D eigenvalue weighted by molar-refractivity contribution is 0.296. The highest BCUT2D eigenvalue weighted by Gasteiger charge is 2.26. The number of aliphatic hydroxyl groups is 1. The molecule has 0 amide bonds. The van der Waals surface area contributed by atoms with Crippen molar-refractivity contribution in [2.45, 2.75) is 6.42 Å². The highest BCUT2D eigenvalue weighted by Crippen LogP contribution is 2.49. The van der Waals surface area contributed by atoms with Crippen LogP contribution >= 0.6 is 7.26 Å². The van der Waals surface area contributed by atoms with Crippen molar-refractivity contribution in [1.82, 2.24) is 0 Å². The molecule has 7 heteroatoms. The second-order valence-corrected chi connectivity index (χ2v) is 9.50. The summed E-state index contributed by atoms with van der Waals surface area (Å²) in [4.78, 5) is 0. The van der Waals surface area contributed by atoms with Crippen LogP contribution in [0, 0.1) is 0 Å². The molecule has 0 aliphatic carbocycles. The lowest BCUT2D eigenvalue weighted by atomic mass is 10.4. The van der Waals surface area contributed by atoms with Crippen molar-refractivity contribution < 1.29 is 22.6 Å². The van der Waals surface area contributed by atoms with Crippen molar-refractivity contribution in [2.75, 3.05) is 26.1 Å². The minimum atomic E-state index is -4.67. The molecule has 0 fully saturated rings. The molecule has 0 spiro atoms. The molecule has 0 radical (unpaired) electrons. The number of rotatable bonds is 4. The molecule has 0 aromatic heterocycles. The van der Waals surface area contributed by atoms with E-state index >= 15 is 0 Å². The second-order valence-electron chi connectivity index (χ2n) is 4.27. The minimum Gasteiger partial charge on any atom is -0.396 e. The molecule has 104 valence electrons. The fraction of sp³-hybridized carbons (Fsp3) is 0.455. The van der Waals surface area contributed by atoms with Gasteiger partial charge in [-0.2, -0.15) is 8.42 Å². The van der Waals surface area contributed by atoms with Gasteiger partial charge in [-0.1, -0.05) is 18.2 Å². The van der Waals surface area contributed by atoms with Crippen molar-refractivity contribution in [3.8, 4) is 0 Å². The van der Waals surface area contributed by atoms with E-state index in [4.69, 9.17) is 22.6 Å². The van der Waals surface area contributed by atoms with Crippen LogP contribution in [0.3, 0.4) is 0 Å². The summed E-state index contributed by atoms with van der Waals surface area (Å²) in [6, 6.07) is 10.6. The van der Waals surface area contributed by atoms with Gasteiger partial charge in [0.25, 0.3) is 0 Å². The number of benzene rings is 1. The SMILES string of the molecule is C[P+](C)(CCCO)c1ccccc1.O=S(=O)(O)O. The molecule has 0 bridgehead atoms. The van der Waals surface area contributed by atoms with Crippen LogP contribution in [0.5, 0.6) is 0 Å². The van der Waals surface area contributed by atoms with Gasteiger partial charge in [0.05, 0.1) is 24.8 Å². The highest BCUT2D eigenvalue weighted by molar-refractivity contribution is 7.81. The monoisotopic (exact) mass is 295 g/mol. The van der Waals surface area contributed by atoms with E-state index in [0.29, 0.717) is 6.61 Å². The normalized spacial score (nSPS) is 11.6. The van der Waals surface area contributed by atoms with Crippen LogP contribution in [-0.2, 0) is 10.4 Å². The maximum Gasteiger partial charge on any atom is 0.394 e. The Hall–Kier alpha value is -0.520. The summed E-state index contributed by atoms with van der Waals surface area (Å²) < 4.78 is 31.6. The van der Waals surface area contributed by atoms with Gasteiger partial charge in [0.15, 0.2) is 0 Å². The van der Waals surface area contributed by atoms with Crippen LogP contribution in [0.1, 0.15) is 6.42 Å². The number of hydrogen-bond donors (Lipinski definition) is 3. The molecule has 0 unspecified atom stereocenters. The van der Waals surface area contributed by atoms with E-state index in [0.717, 1.165) is 12.6 Å². The van der Waals surface area contributed by atoms with E-state index in [1.807, 2.05) is 0 Å². The first-order valence-corrected chi connectivity index (χ1v) is 9.63. The summed E-state index contributed by atoms with van der Waals surface area (Å²) in [6.45, 7) is 4.98. The number of aliphatic hydroxyl groups excluding tert-OH is 1. The average Bonchev–Trinajstić information content (AvgIpc) is 2.25. The van der Waals surface area contributed by atoms with E-state index < -0.39 is 17.7 Å². The van der Waals surface area contributed by atoms with Crippen molar-refractivity contribution in [3.63, 3.8) is 0 Å². The molecule has 18 heavy (non-hydrogen) atoms. The maximum absolute atomic E-state index is 8.79. The largest absolute Gasteiger partial charge is 0.396 e. The Kier molecular flexibility index (Phi) is 7.59. The molecule has 1 rings (SSSR count). The molecule has 5 nitrogen and oxygen atoms in total. The zero-order valence-corrected chi connectivity index (χ0v) is 12.2. The standard InChI is InChI=1S/C11H18OP.H2O4S/c1-13(2,10-6-9-12)11-7-4-3-5-8-11;1-5(2,3)4/h3-5,7-8,12H,6,9-10H2,1-2H3;(H2,1,2,3,4)/q+1;. The average molecular weight is 295 g/mol. The summed E-state index contributed by atoms with van der Waals surface area (Å²) in [6.07, 6.45) is 2.07. The fourth-order valence-corrected chi connectivity index (χ4v) is 3.60. The molecule has 0 saturated heterocycles. The first kappa shape index (κ1) is 17.5. The third kappa shape index (κ3) is 9.50. The van der Waals surface area contributed by atoms with Gasteiger partial charge in [-0.05, 0) is 12.1 Å². The van der Waals surface area contributed by atoms with E-state index in [-0.39, 0.29) is 0 Å². The quantitative estimate of drug-likeness (QED) is 0.575. The molecular formula is C11H20O5PS+. The lowest BCUT2D eigenvalue weighted by Gasteiger charge is -2.17. The van der Waals surface area contributed by atoms with Crippen molar-refractivity contribution in [1.29, 1.82) is 0 Å². The Balaban J connectivity index is 0.000000494. The predicted molar refractivity (Wildman–Crippen MR) is 75.6 cm³/mol. The first-order chi connectivity index (χ1) is 8.17. The Morgan fingerprint density at radius 2 is 1.56 bits per heavy atom. The van der Waals surface area contributed by atoms with Gasteiger partial charge in [0.1, 0.15) is 0 Å². The smallest absolute Gasteiger partial charge is 0.394 e. The molecule has 0 aliphatic rings. The fourth-order valence-electron chi connectivity index (χ4n) is 1.43. The van der Waals surface area contributed by atoms with Crippen LogP contribution in [0.4, 0.5) is 0 Å². The Morgan fingerprint density at radius 1 is 1.11 bits per heavy atom. The maximum atomic E-state index is 8.79. The van der Waals surface area contributed by atoms with Gasteiger partial charge in [-0.25, -0.2) is 0 Å². The minimum absolute atomic E-state index is 0.316. The van der Waals surface area contributed by atoms with Crippen molar-refractivity contribution in [3.05, 3.63) is 30.3 Å². The van der Waals surface area contributed by atoms with Gasteiger partial charge in [-0.15, -0.1) is 0 Å². The zero-order chi connectivity index (χ0) is 14.2. The molecule has 0 aliphatic heterocycles. The van der Waals surface area contributed by atoms with E-state index in [9.17, 15) is 0 Å². The molecular weight excluding hydrogens is 275 g/mol. The van der Waals surface area contributed by atoms with E-state index in [2.05, 4.69) is 43.7 Å². The van der Waals surface area contributed by atoms with Crippen LogP contribution in [0.2, 0.25) is 0 Å². The first-order valence-electron chi connectivity index (χ1n) is 5.36. The Labute approximate surface area is 109 Å². The topological polar surface area (TPSA) is 94.8 Å². The number of hydrogen-bond acceptors (Lipinski definition) is 3. The third-order valence-electron chi connectivity index (χ3n) is 2.33. The van der Waals surface area contributed by atoms with Gasteiger partial charge < -0.3 is 5.11 Å². The van der Waals surface area contributed by atoms with E-state index in [1.54, 1.807) is 0 Å².